The molecular formula is C19H20N4O4S. The smallest absolute Gasteiger partial charge is 0.268 e. The van der Waals surface area contributed by atoms with Gasteiger partial charge in [0.1, 0.15) is 5.56 Å². The molecule has 1 aliphatic heterocycles. The zero-order valence-corrected chi connectivity index (χ0v) is 16.2. The molecule has 0 spiro atoms. The molecule has 146 valence electrons. The average molecular weight is 400 g/mol. The van der Waals surface area contributed by atoms with Crippen LogP contribution in [0.1, 0.15) is 34.6 Å². The molecule has 4 heterocycles. The van der Waals surface area contributed by atoms with Crippen LogP contribution in [0.5, 0.6) is 0 Å². The molecular weight excluding hydrogens is 380 g/mol. The van der Waals surface area contributed by atoms with Crippen molar-refractivity contribution in [3.8, 4) is 10.8 Å². The third-order valence-corrected chi connectivity index (χ3v) is 5.49. The van der Waals surface area contributed by atoms with Crippen LogP contribution in [-0.4, -0.2) is 33.3 Å². The summed E-state index contributed by atoms with van der Waals surface area (Å²) in [5.74, 6) is 0.311. The van der Waals surface area contributed by atoms with Gasteiger partial charge in [0.25, 0.3) is 17.4 Å². The van der Waals surface area contributed by atoms with Gasteiger partial charge in [0.15, 0.2) is 5.82 Å². The topological polar surface area (TPSA) is 99.2 Å². The zero-order chi connectivity index (χ0) is 19.5. The fourth-order valence-corrected chi connectivity index (χ4v) is 3.81. The van der Waals surface area contributed by atoms with E-state index < -0.39 is 5.91 Å². The highest BCUT2D eigenvalue weighted by Crippen LogP contribution is 2.22. The second-order valence-electron chi connectivity index (χ2n) is 6.64. The molecule has 3 aromatic rings. The largest absolute Gasteiger partial charge is 0.376 e. The average Bonchev–Trinajstić information content (AvgIpc) is 3.45. The second kappa shape index (κ2) is 8.07. The number of nitrogens with zero attached hydrogens (tertiary/aromatic N) is 3. The number of hydrogen-bond acceptors (Lipinski definition) is 7. The molecule has 9 heteroatoms. The first-order valence-corrected chi connectivity index (χ1v) is 9.96. The number of ether oxygens (including phenoxy) is 1. The van der Waals surface area contributed by atoms with Crippen molar-refractivity contribution in [3.05, 3.63) is 57.1 Å². The minimum absolute atomic E-state index is 0.0197. The van der Waals surface area contributed by atoms with Gasteiger partial charge in [0, 0.05) is 12.8 Å². The second-order valence-corrected chi connectivity index (χ2v) is 7.59. The number of aromatic nitrogens is 3. The van der Waals surface area contributed by atoms with E-state index in [1.165, 1.54) is 11.3 Å². The maximum absolute atomic E-state index is 12.8. The lowest BCUT2D eigenvalue weighted by Crippen LogP contribution is -2.35. The van der Waals surface area contributed by atoms with Gasteiger partial charge in [-0.2, -0.15) is 4.98 Å². The van der Waals surface area contributed by atoms with Crippen molar-refractivity contribution in [2.24, 2.45) is 0 Å². The summed E-state index contributed by atoms with van der Waals surface area (Å²) in [5, 5.41) is 8.50. The van der Waals surface area contributed by atoms with E-state index in [0.717, 1.165) is 24.3 Å². The third kappa shape index (κ3) is 3.90. The maximum atomic E-state index is 12.8. The van der Waals surface area contributed by atoms with Gasteiger partial charge in [0.05, 0.1) is 24.1 Å². The van der Waals surface area contributed by atoms with Crippen molar-refractivity contribution in [2.45, 2.75) is 39.0 Å². The molecule has 0 aliphatic carbocycles. The predicted molar refractivity (Wildman–Crippen MR) is 103 cm³/mol. The van der Waals surface area contributed by atoms with E-state index in [0.29, 0.717) is 23.8 Å². The monoisotopic (exact) mass is 400 g/mol. The summed E-state index contributed by atoms with van der Waals surface area (Å²) in [5.41, 5.74) is 0.432. The maximum Gasteiger partial charge on any atom is 0.268 e. The summed E-state index contributed by atoms with van der Waals surface area (Å²) in [7, 11) is 0. The summed E-state index contributed by atoms with van der Waals surface area (Å²) >= 11 is 1.49. The van der Waals surface area contributed by atoms with Gasteiger partial charge >= 0.3 is 0 Å². The molecule has 1 atom stereocenters. The van der Waals surface area contributed by atoms with Gasteiger partial charge in [-0.1, -0.05) is 11.2 Å². The lowest BCUT2D eigenvalue weighted by atomic mass is 10.1. The fourth-order valence-electron chi connectivity index (χ4n) is 3.17. The number of amides is 1. The number of aryl methyl sites for hydroxylation is 1. The number of carbonyl (C=O) groups is 1. The van der Waals surface area contributed by atoms with E-state index in [9.17, 15) is 9.59 Å². The van der Waals surface area contributed by atoms with Crippen molar-refractivity contribution in [1.82, 2.24) is 20.0 Å². The van der Waals surface area contributed by atoms with Crippen LogP contribution < -0.4 is 10.9 Å². The van der Waals surface area contributed by atoms with Crippen molar-refractivity contribution in [2.75, 3.05) is 6.61 Å². The molecule has 1 aliphatic rings. The first kappa shape index (κ1) is 18.6. The lowest BCUT2D eigenvalue weighted by molar-refractivity contribution is 0.0927. The van der Waals surface area contributed by atoms with Gasteiger partial charge in [-0.05, 0) is 42.8 Å². The Kier molecular flexibility index (Phi) is 5.36. The van der Waals surface area contributed by atoms with Crippen molar-refractivity contribution < 1.29 is 14.1 Å². The third-order valence-electron chi connectivity index (χ3n) is 4.63. The van der Waals surface area contributed by atoms with E-state index >= 15 is 0 Å². The number of nitrogens with one attached hydrogen (secondary N) is 1. The first-order chi connectivity index (χ1) is 13.6. The summed E-state index contributed by atoms with van der Waals surface area (Å²) in [4.78, 5) is 30.6. The van der Waals surface area contributed by atoms with Gasteiger partial charge < -0.3 is 19.1 Å². The molecule has 3 aromatic heterocycles. The Balaban J connectivity index is 1.46. The molecule has 0 aromatic carbocycles. The predicted octanol–water partition coefficient (Wildman–Crippen LogP) is 2.38. The highest BCUT2D eigenvalue weighted by Gasteiger charge is 2.20. The van der Waals surface area contributed by atoms with Crippen molar-refractivity contribution in [1.29, 1.82) is 0 Å². The summed E-state index contributed by atoms with van der Waals surface area (Å²) in [6, 6.07) is 5.55. The number of rotatable bonds is 6. The van der Waals surface area contributed by atoms with Crippen LogP contribution >= 0.6 is 11.3 Å². The van der Waals surface area contributed by atoms with E-state index in [-0.39, 0.29) is 23.8 Å². The Morgan fingerprint density at radius 1 is 1.43 bits per heavy atom. The SMILES string of the molecule is Cc1ccn(CC2CCCO2)c(=O)c1C(=O)NCc1noc(-c2cccs2)n1. The first-order valence-electron chi connectivity index (χ1n) is 9.08. The summed E-state index contributed by atoms with van der Waals surface area (Å²) in [6.45, 7) is 2.99. The van der Waals surface area contributed by atoms with E-state index in [1.807, 2.05) is 17.5 Å². The number of pyridine rings is 1. The molecule has 0 radical (unpaired) electrons. The minimum Gasteiger partial charge on any atom is -0.376 e. The van der Waals surface area contributed by atoms with Gasteiger partial charge in [0.2, 0.25) is 0 Å². The van der Waals surface area contributed by atoms with Crippen LogP contribution in [0.4, 0.5) is 0 Å². The van der Waals surface area contributed by atoms with Gasteiger partial charge in [-0.15, -0.1) is 11.3 Å². The Bertz CT molecular complexity index is 1020. The Morgan fingerprint density at radius 2 is 2.32 bits per heavy atom. The van der Waals surface area contributed by atoms with Crippen LogP contribution in [0.15, 0.2) is 39.1 Å². The summed E-state index contributed by atoms with van der Waals surface area (Å²) < 4.78 is 12.3. The fraction of sp³-hybridized carbons (Fsp3) is 0.368. The van der Waals surface area contributed by atoms with Crippen LogP contribution in [0, 0.1) is 6.92 Å². The standard InChI is InChI=1S/C19H20N4O4S/c1-12-6-7-23(11-13-4-2-8-26-13)19(25)16(12)17(24)20-10-15-21-18(27-22-15)14-5-3-9-28-14/h3,5-7,9,13H,2,4,8,10-11H2,1H3,(H,20,24). The van der Waals surface area contributed by atoms with Crippen molar-refractivity contribution in [3.63, 3.8) is 0 Å². The molecule has 1 N–H and O–H groups in total. The Hall–Kier alpha value is -2.78. The lowest BCUT2D eigenvalue weighted by Gasteiger charge is -2.14. The number of hydrogen-bond donors (Lipinski definition) is 1. The number of thiophene rings is 1. The van der Waals surface area contributed by atoms with E-state index in [2.05, 4.69) is 15.5 Å². The Morgan fingerprint density at radius 3 is 3.07 bits per heavy atom. The molecule has 0 bridgehead atoms. The van der Waals surface area contributed by atoms with Crippen LogP contribution in [0.3, 0.4) is 0 Å². The minimum atomic E-state index is -0.452. The van der Waals surface area contributed by atoms with E-state index in [4.69, 9.17) is 9.26 Å². The molecule has 1 fully saturated rings. The zero-order valence-electron chi connectivity index (χ0n) is 15.4. The van der Waals surface area contributed by atoms with Crippen LogP contribution in [-0.2, 0) is 17.8 Å². The molecule has 8 nitrogen and oxygen atoms in total. The molecule has 28 heavy (non-hydrogen) atoms. The van der Waals surface area contributed by atoms with Crippen molar-refractivity contribution >= 4 is 17.2 Å². The molecule has 4 rings (SSSR count). The van der Waals surface area contributed by atoms with Crippen LogP contribution in [0.2, 0.25) is 0 Å². The number of carbonyl (C=O) groups excluding carboxylic acids is 1. The van der Waals surface area contributed by atoms with Gasteiger partial charge in [-0.25, -0.2) is 0 Å². The quantitative estimate of drug-likeness (QED) is 0.682. The van der Waals surface area contributed by atoms with Gasteiger partial charge in [-0.3, -0.25) is 9.59 Å². The van der Waals surface area contributed by atoms with E-state index in [1.54, 1.807) is 23.8 Å². The van der Waals surface area contributed by atoms with Crippen LogP contribution in [0.25, 0.3) is 10.8 Å². The molecule has 1 amide bonds. The molecule has 0 saturated carbocycles. The normalized spacial score (nSPS) is 16.4. The highest BCUT2D eigenvalue weighted by atomic mass is 32.1. The Labute approximate surface area is 165 Å². The summed E-state index contributed by atoms with van der Waals surface area (Å²) in [6.07, 6.45) is 3.65. The highest BCUT2D eigenvalue weighted by molar-refractivity contribution is 7.13. The molecule has 1 unspecified atom stereocenters. The molecule has 1 saturated heterocycles.